The number of alkyl carbamates (subject to hydrolysis) is 1. The summed E-state index contributed by atoms with van der Waals surface area (Å²) in [7, 11) is 0. The van der Waals surface area contributed by atoms with Crippen molar-refractivity contribution < 1.29 is 33.4 Å². The Morgan fingerprint density at radius 3 is 2.62 bits per heavy atom. The van der Waals surface area contributed by atoms with Crippen LogP contribution in [0.2, 0.25) is 0 Å². The van der Waals surface area contributed by atoms with E-state index in [1.807, 2.05) is 30.3 Å². The molecule has 0 unspecified atom stereocenters. The predicted molar refractivity (Wildman–Crippen MR) is 116 cm³/mol. The monoisotopic (exact) mass is 460 g/mol. The zero-order valence-electron chi connectivity index (χ0n) is 17.7. The molecule has 1 aromatic carbocycles. The van der Waals surface area contributed by atoms with Crippen molar-refractivity contribution in [3.8, 4) is 0 Å². The van der Waals surface area contributed by atoms with Crippen molar-refractivity contribution in [2.24, 2.45) is 5.92 Å². The predicted octanol–water partition coefficient (Wildman–Crippen LogP) is 2.33. The van der Waals surface area contributed by atoms with Gasteiger partial charge in [-0.25, -0.2) is 14.4 Å². The smallest absolute Gasteiger partial charge is 0.408 e. The Morgan fingerprint density at radius 1 is 1.22 bits per heavy atom. The van der Waals surface area contributed by atoms with Gasteiger partial charge in [0.2, 0.25) is 5.91 Å². The van der Waals surface area contributed by atoms with Crippen LogP contribution in [0.1, 0.15) is 19.4 Å². The van der Waals surface area contributed by atoms with Crippen molar-refractivity contribution in [1.29, 1.82) is 0 Å². The Labute approximate surface area is 189 Å². The summed E-state index contributed by atoms with van der Waals surface area (Å²) in [4.78, 5) is 50.3. The second-order valence-electron chi connectivity index (χ2n) is 7.22. The number of carbonyl (C=O) groups excluding carboxylic acids is 4. The van der Waals surface area contributed by atoms with Crippen LogP contribution in [0.3, 0.4) is 0 Å². The van der Waals surface area contributed by atoms with Gasteiger partial charge in [0.1, 0.15) is 42.3 Å². The van der Waals surface area contributed by atoms with Gasteiger partial charge >= 0.3 is 18.0 Å². The molecule has 1 fully saturated rings. The van der Waals surface area contributed by atoms with Crippen molar-refractivity contribution in [2.45, 2.75) is 38.0 Å². The molecular formula is C22H24N2O7S. The molecule has 4 atom stereocenters. The molecule has 2 heterocycles. The second kappa shape index (κ2) is 10.4. The normalized spacial score (nSPS) is 20.8. The largest absolute Gasteiger partial charge is 0.460 e. The lowest BCUT2D eigenvalue weighted by molar-refractivity contribution is -0.167. The van der Waals surface area contributed by atoms with Crippen molar-refractivity contribution in [1.82, 2.24) is 10.2 Å². The number of hydrogen-bond acceptors (Lipinski definition) is 8. The molecule has 9 nitrogen and oxygen atoms in total. The lowest BCUT2D eigenvalue weighted by atomic mass is 9.92. The minimum atomic E-state index is -0.967. The number of ether oxygens (including phenoxy) is 3. The highest BCUT2D eigenvalue weighted by Gasteiger charge is 2.56. The van der Waals surface area contributed by atoms with Crippen LogP contribution in [0.25, 0.3) is 0 Å². The quantitative estimate of drug-likeness (QED) is 0.259. The van der Waals surface area contributed by atoms with Gasteiger partial charge in [0, 0.05) is 5.41 Å². The van der Waals surface area contributed by atoms with E-state index in [1.54, 1.807) is 12.3 Å². The van der Waals surface area contributed by atoms with E-state index in [-0.39, 0.29) is 30.2 Å². The fraction of sp³-hybridized carbons (Fsp3) is 0.364. The molecule has 2 amide bonds. The number of hydrogen-bond donors (Lipinski definition) is 1. The summed E-state index contributed by atoms with van der Waals surface area (Å²) < 4.78 is 15.5. The third-order valence-electron chi connectivity index (χ3n) is 4.91. The summed E-state index contributed by atoms with van der Waals surface area (Å²) in [5.74, 6) is -2.24. The fourth-order valence-corrected chi connectivity index (χ4v) is 4.55. The highest BCUT2D eigenvalue weighted by atomic mass is 32.2. The Bertz CT molecular complexity index is 933. The number of fused-ring (bicyclic) bond motifs is 1. The Kier molecular flexibility index (Phi) is 7.57. The molecule has 2 aliphatic rings. The first-order valence-electron chi connectivity index (χ1n) is 9.98. The Balaban J connectivity index is 1.45. The van der Waals surface area contributed by atoms with E-state index in [4.69, 9.17) is 14.2 Å². The maximum Gasteiger partial charge on any atom is 0.408 e. The van der Waals surface area contributed by atoms with Crippen LogP contribution in [0.15, 0.2) is 54.1 Å². The van der Waals surface area contributed by atoms with Crippen LogP contribution in [0.4, 0.5) is 4.79 Å². The number of rotatable bonds is 9. The van der Waals surface area contributed by atoms with Gasteiger partial charge in [-0.05, 0) is 19.4 Å². The Hall–Kier alpha value is -3.27. The van der Waals surface area contributed by atoms with Crippen LogP contribution in [0, 0.1) is 5.92 Å². The molecule has 0 aliphatic carbocycles. The molecule has 0 aromatic heterocycles. The third kappa shape index (κ3) is 5.13. The van der Waals surface area contributed by atoms with Crippen LogP contribution in [-0.2, 0) is 35.2 Å². The van der Waals surface area contributed by atoms with E-state index in [0.717, 1.165) is 5.56 Å². The van der Waals surface area contributed by atoms with E-state index in [0.29, 0.717) is 0 Å². The third-order valence-corrected chi connectivity index (χ3v) is 6.05. The molecule has 0 radical (unpaired) electrons. The van der Waals surface area contributed by atoms with E-state index < -0.39 is 36.1 Å². The summed E-state index contributed by atoms with van der Waals surface area (Å²) in [5.41, 5.74) is 0.979. The van der Waals surface area contributed by atoms with Gasteiger partial charge < -0.3 is 19.5 Å². The lowest BCUT2D eigenvalue weighted by Gasteiger charge is -2.44. The average Bonchev–Trinajstić information content (AvgIpc) is 3.16. The van der Waals surface area contributed by atoms with E-state index in [1.165, 1.54) is 29.7 Å². The molecule has 0 saturated carbocycles. The first-order valence-corrected chi connectivity index (χ1v) is 10.9. The van der Waals surface area contributed by atoms with Crippen molar-refractivity contribution in [3.63, 3.8) is 0 Å². The van der Waals surface area contributed by atoms with Gasteiger partial charge in [0.25, 0.3) is 0 Å². The topological polar surface area (TPSA) is 111 Å². The maximum atomic E-state index is 12.6. The van der Waals surface area contributed by atoms with E-state index >= 15 is 0 Å². The minimum absolute atomic E-state index is 0.0453. The Morgan fingerprint density at radius 2 is 1.94 bits per heavy atom. The lowest BCUT2D eigenvalue weighted by Crippen LogP contribution is -2.61. The summed E-state index contributed by atoms with van der Waals surface area (Å²) in [6.45, 7) is 6.66. The number of nitrogens with one attached hydrogen (secondary N) is 1. The number of carbonyl (C=O) groups is 4. The number of nitrogens with zero attached hydrogens (tertiary/aromatic N) is 1. The van der Waals surface area contributed by atoms with Gasteiger partial charge in [0.15, 0.2) is 0 Å². The number of thioether (sulfide) groups is 1. The van der Waals surface area contributed by atoms with E-state index in [2.05, 4.69) is 11.9 Å². The van der Waals surface area contributed by atoms with Gasteiger partial charge in [-0.15, -0.1) is 11.8 Å². The summed E-state index contributed by atoms with van der Waals surface area (Å²) in [6, 6.07) is 8.16. The number of benzene rings is 1. The minimum Gasteiger partial charge on any atom is -0.460 e. The second-order valence-corrected chi connectivity index (χ2v) is 8.21. The summed E-state index contributed by atoms with van der Waals surface area (Å²) in [6.07, 6.45) is -0.0622. The SMILES string of the molecule is C=CCOC(=O)C1=CS[C@H]2[C@@H]([C@@H](C)OC(=O)[C@H](C)NC(=O)OCc3ccccc3)C(=O)N12. The maximum absolute atomic E-state index is 12.6. The number of esters is 2. The molecule has 3 rings (SSSR count). The molecule has 10 heteroatoms. The summed E-state index contributed by atoms with van der Waals surface area (Å²) in [5, 5.41) is 3.63. The molecule has 1 aromatic rings. The fourth-order valence-electron chi connectivity index (χ4n) is 3.23. The highest BCUT2D eigenvalue weighted by molar-refractivity contribution is 8.03. The van der Waals surface area contributed by atoms with Gasteiger partial charge in [-0.3, -0.25) is 9.69 Å². The molecule has 0 bridgehead atoms. The van der Waals surface area contributed by atoms with Gasteiger partial charge in [-0.1, -0.05) is 43.0 Å². The van der Waals surface area contributed by atoms with Crippen molar-refractivity contribution >= 4 is 35.7 Å². The van der Waals surface area contributed by atoms with Crippen LogP contribution >= 0.6 is 11.8 Å². The standard InChI is InChI=1S/C22H24N2O7S/c1-4-10-29-21(27)16-12-32-19-17(18(25)24(16)19)14(3)31-20(26)13(2)23-22(28)30-11-15-8-6-5-7-9-15/h4-9,12-14,17,19H,1,10-11H2,2-3H3,(H,23,28)/t13-,14+,17-,19-/m0/s1. The van der Waals surface area contributed by atoms with Crippen LogP contribution in [-0.4, -0.2) is 53.0 Å². The van der Waals surface area contributed by atoms with Gasteiger partial charge in [-0.2, -0.15) is 0 Å². The number of amides is 2. The highest BCUT2D eigenvalue weighted by Crippen LogP contribution is 2.46. The first-order chi connectivity index (χ1) is 15.3. The van der Waals surface area contributed by atoms with Crippen LogP contribution < -0.4 is 5.32 Å². The molecule has 0 spiro atoms. The van der Waals surface area contributed by atoms with Gasteiger partial charge in [0.05, 0.1) is 0 Å². The van der Waals surface area contributed by atoms with Crippen molar-refractivity contribution in [2.75, 3.05) is 6.61 Å². The van der Waals surface area contributed by atoms with E-state index in [9.17, 15) is 19.2 Å². The molecule has 2 aliphatic heterocycles. The first kappa shape index (κ1) is 23.4. The zero-order valence-corrected chi connectivity index (χ0v) is 18.5. The molecule has 1 N–H and O–H groups in total. The molecule has 1 saturated heterocycles. The van der Waals surface area contributed by atoms with Crippen molar-refractivity contribution in [3.05, 3.63) is 59.7 Å². The number of β-lactam (4-membered cyclic amide) rings is 1. The molecule has 170 valence electrons. The summed E-state index contributed by atoms with van der Waals surface area (Å²) >= 11 is 1.29. The molecule has 32 heavy (non-hydrogen) atoms. The zero-order chi connectivity index (χ0) is 23.3. The van der Waals surface area contributed by atoms with Crippen LogP contribution in [0.5, 0.6) is 0 Å². The molecular weight excluding hydrogens is 436 g/mol. The average molecular weight is 461 g/mol.